The third-order valence-corrected chi connectivity index (χ3v) is 5.42. The summed E-state index contributed by atoms with van der Waals surface area (Å²) in [6.45, 7) is 4.37. The average Bonchev–Trinajstić information content (AvgIpc) is 3.25. The van der Waals surface area contributed by atoms with Crippen molar-refractivity contribution in [3.63, 3.8) is 0 Å². The molecule has 0 saturated heterocycles. The van der Waals surface area contributed by atoms with E-state index in [1.165, 1.54) is 12.5 Å². The molecule has 1 aliphatic rings. The molecule has 5 N–H and O–H groups in total. The Labute approximate surface area is 179 Å². The first-order valence-corrected chi connectivity index (χ1v) is 11.2. The monoisotopic (exact) mass is 454 g/mol. The van der Waals surface area contributed by atoms with E-state index in [2.05, 4.69) is 24.6 Å². The SMILES string of the molecule is CC(C)Cn1ccc(C(=O)c2cncnc2N[C@@H]2C[C@H](COS(N)(=O)=O)[C@@H](O)[C@H]2O)n1. The fourth-order valence-electron chi connectivity index (χ4n) is 3.50. The largest absolute Gasteiger partial charge is 0.390 e. The van der Waals surface area contributed by atoms with Gasteiger partial charge in [-0.15, -0.1) is 0 Å². The number of hydrogen-bond donors (Lipinski definition) is 4. The first-order chi connectivity index (χ1) is 14.5. The topological polar surface area (TPSA) is 183 Å². The first kappa shape index (κ1) is 23.2. The number of aromatic nitrogens is 4. The van der Waals surface area contributed by atoms with Crippen LogP contribution in [0, 0.1) is 11.8 Å². The zero-order valence-corrected chi connectivity index (χ0v) is 17.9. The second-order valence-electron chi connectivity index (χ2n) is 7.94. The van der Waals surface area contributed by atoms with Crippen LogP contribution in [0.3, 0.4) is 0 Å². The molecule has 0 aromatic carbocycles. The van der Waals surface area contributed by atoms with E-state index in [0.29, 0.717) is 12.5 Å². The van der Waals surface area contributed by atoms with E-state index in [0.717, 1.165) is 0 Å². The summed E-state index contributed by atoms with van der Waals surface area (Å²) in [4.78, 5) is 21.0. The van der Waals surface area contributed by atoms with Gasteiger partial charge >= 0.3 is 10.3 Å². The van der Waals surface area contributed by atoms with Crippen LogP contribution in [0.5, 0.6) is 0 Å². The van der Waals surface area contributed by atoms with Gasteiger partial charge in [-0.2, -0.15) is 13.5 Å². The second kappa shape index (κ2) is 9.36. The molecule has 0 unspecified atom stereocenters. The fraction of sp³-hybridized carbons (Fsp3) is 0.556. The van der Waals surface area contributed by atoms with Crippen molar-refractivity contribution in [1.29, 1.82) is 0 Å². The van der Waals surface area contributed by atoms with E-state index < -0.39 is 40.3 Å². The van der Waals surface area contributed by atoms with Crippen molar-refractivity contribution in [2.75, 3.05) is 11.9 Å². The molecule has 0 spiro atoms. The lowest BCUT2D eigenvalue weighted by Crippen LogP contribution is -2.36. The zero-order valence-electron chi connectivity index (χ0n) is 17.1. The number of nitrogens with zero attached hydrogens (tertiary/aromatic N) is 4. The fourth-order valence-corrected chi connectivity index (χ4v) is 3.86. The van der Waals surface area contributed by atoms with Crippen LogP contribution < -0.4 is 10.5 Å². The summed E-state index contributed by atoms with van der Waals surface area (Å²) >= 11 is 0. The molecule has 1 fully saturated rings. The van der Waals surface area contributed by atoms with Crippen LogP contribution in [0.25, 0.3) is 0 Å². The molecular formula is C18H26N6O6S. The standard InChI is InChI=1S/C18H26N6O6S/c1-10(2)7-24-4-3-13(23-24)16(26)12-6-20-9-21-18(12)22-14-5-11(15(25)17(14)27)8-30-31(19,28)29/h3-4,6,9-11,14-15,17,25,27H,5,7-8H2,1-2H3,(H2,19,28,29)(H,20,21,22)/t11-,14-,15-,17+/m1/s1. The number of ketones is 1. The lowest BCUT2D eigenvalue weighted by atomic mass is 10.1. The Hall–Kier alpha value is -2.45. The van der Waals surface area contributed by atoms with Crippen molar-refractivity contribution in [2.24, 2.45) is 17.0 Å². The van der Waals surface area contributed by atoms with E-state index in [1.54, 1.807) is 16.9 Å². The molecule has 12 nitrogen and oxygen atoms in total. The predicted molar refractivity (Wildman–Crippen MR) is 109 cm³/mol. The van der Waals surface area contributed by atoms with E-state index in [9.17, 15) is 23.4 Å². The molecule has 0 amide bonds. The maximum Gasteiger partial charge on any atom is 0.333 e. The molecule has 1 saturated carbocycles. The quantitative estimate of drug-likeness (QED) is 0.353. The summed E-state index contributed by atoms with van der Waals surface area (Å²) in [6, 6.07) is 0.903. The first-order valence-electron chi connectivity index (χ1n) is 9.73. The lowest BCUT2D eigenvalue weighted by molar-refractivity contribution is 0.00778. The molecule has 0 radical (unpaired) electrons. The Morgan fingerprint density at radius 3 is 2.81 bits per heavy atom. The van der Waals surface area contributed by atoms with Gasteiger partial charge in [0.2, 0.25) is 5.78 Å². The highest BCUT2D eigenvalue weighted by Crippen LogP contribution is 2.30. The van der Waals surface area contributed by atoms with Gasteiger partial charge in [0.1, 0.15) is 23.9 Å². The second-order valence-corrected chi connectivity index (χ2v) is 9.16. The van der Waals surface area contributed by atoms with Crippen LogP contribution >= 0.6 is 0 Å². The third kappa shape index (κ3) is 5.83. The summed E-state index contributed by atoms with van der Waals surface area (Å²) in [5.74, 6) is -0.546. The molecule has 2 heterocycles. The van der Waals surface area contributed by atoms with Crippen molar-refractivity contribution in [3.05, 3.63) is 36.0 Å². The minimum atomic E-state index is -4.17. The number of aliphatic hydroxyl groups excluding tert-OH is 2. The molecular weight excluding hydrogens is 428 g/mol. The number of carbonyl (C=O) groups is 1. The number of anilines is 1. The Morgan fingerprint density at radius 2 is 2.13 bits per heavy atom. The Bertz CT molecular complexity index is 1030. The van der Waals surface area contributed by atoms with E-state index >= 15 is 0 Å². The van der Waals surface area contributed by atoms with E-state index in [-0.39, 0.29) is 30.1 Å². The molecule has 4 atom stereocenters. The van der Waals surface area contributed by atoms with Gasteiger partial charge in [-0.05, 0) is 18.4 Å². The van der Waals surface area contributed by atoms with E-state index in [1.807, 2.05) is 13.8 Å². The molecule has 2 aromatic heterocycles. The molecule has 31 heavy (non-hydrogen) atoms. The van der Waals surface area contributed by atoms with Crippen LogP contribution in [-0.4, -0.2) is 69.0 Å². The van der Waals surface area contributed by atoms with Crippen LogP contribution in [0.2, 0.25) is 0 Å². The number of nitrogens with one attached hydrogen (secondary N) is 1. The normalized spacial score (nSPS) is 23.9. The lowest BCUT2D eigenvalue weighted by Gasteiger charge is -2.19. The van der Waals surface area contributed by atoms with Gasteiger partial charge in [-0.25, -0.2) is 15.1 Å². The van der Waals surface area contributed by atoms with Gasteiger partial charge in [-0.1, -0.05) is 13.8 Å². The molecule has 2 aromatic rings. The van der Waals surface area contributed by atoms with Crippen LogP contribution in [0.1, 0.15) is 36.3 Å². The van der Waals surface area contributed by atoms with E-state index in [4.69, 9.17) is 5.14 Å². The number of hydrogen-bond acceptors (Lipinski definition) is 10. The zero-order chi connectivity index (χ0) is 22.8. The predicted octanol–water partition coefficient (Wildman–Crippen LogP) is -0.698. The van der Waals surface area contributed by atoms with Crippen molar-refractivity contribution in [1.82, 2.24) is 19.7 Å². The highest BCUT2D eigenvalue weighted by atomic mass is 32.2. The summed E-state index contributed by atoms with van der Waals surface area (Å²) in [6.07, 6.45) is 1.99. The minimum absolute atomic E-state index is 0.156. The number of aliphatic hydroxyl groups is 2. The highest BCUT2D eigenvalue weighted by molar-refractivity contribution is 7.84. The van der Waals surface area contributed by atoms with Gasteiger partial charge in [0.05, 0.1) is 24.3 Å². The highest BCUT2D eigenvalue weighted by Gasteiger charge is 2.42. The molecule has 1 aliphatic carbocycles. The third-order valence-electron chi connectivity index (χ3n) is 4.95. The summed E-state index contributed by atoms with van der Waals surface area (Å²) < 4.78 is 28.2. The van der Waals surface area contributed by atoms with Gasteiger partial charge in [0, 0.05) is 24.9 Å². The number of rotatable bonds is 9. The maximum absolute atomic E-state index is 13.0. The van der Waals surface area contributed by atoms with Crippen LogP contribution in [0.15, 0.2) is 24.8 Å². The number of nitrogens with two attached hydrogens (primary N) is 1. The molecule has 170 valence electrons. The van der Waals surface area contributed by atoms with Crippen LogP contribution in [-0.2, 0) is 21.0 Å². The van der Waals surface area contributed by atoms with Crippen molar-refractivity contribution in [2.45, 2.75) is 45.1 Å². The maximum atomic E-state index is 13.0. The van der Waals surface area contributed by atoms with Gasteiger partial charge in [0.15, 0.2) is 0 Å². The molecule has 0 bridgehead atoms. The smallest absolute Gasteiger partial charge is 0.333 e. The number of carbonyl (C=O) groups excluding carboxylic acids is 1. The Morgan fingerprint density at radius 1 is 1.39 bits per heavy atom. The van der Waals surface area contributed by atoms with Gasteiger partial charge < -0.3 is 15.5 Å². The molecule has 3 rings (SSSR count). The average molecular weight is 455 g/mol. The summed E-state index contributed by atoms with van der Waals surface area (Å²) in [7, 11) is -4.17. The van der Waals surface area contributed by atoms with Crippen molar-refractivity contribution in [3.8, 4) is 0 Å². The van der Waals surface area contributed by atoms with Crippen LogP contribution in [0.4, 0.5) is 5.82 Å². The minimum Gasteiger partial charge on any atom is -0.390 e. The molecule has 13 heteroatoms. The van der Waals surface area contributed by atoms with Gasteiger partial charge in [-0.3, -0.25) is 13.7 Å². The summed E-state index contributed by atoms with van der Waals surface area (Å²) in [5, 5.41) is 32.6. The Kier molecular flexibility index (Phi) is 7.01. The van der Waals surface area contributed by atoms with Crippen molar-refractivity contribution >= 4 is 21.9 Å². The van der Waals surface area contributed by atoms with Crippen molar-refractivity contribution < 1.29 is 27.6 Å². The summed E-state index contributed by atoms with van der Waals surface area (Å²) in [5.41, 5.74) is 0.383. The Balaban J connectivity index is 1.74. The van der Waals surface area contributed by atoms with Gasteiger partial charge in [0.25, 0.3) is 0 Å². The molecule has 0 aliphatic heterocycles.